The average Bonchev–Trinajstić information content (AvgIpc) is 2.78. The van der Waals surface area contributed by atoms with Crippen LogP contribution in [0, 0.1) is 5.92 Å². The van der Waals surface area contributed by atoms with E-state index in [2.05, 4.69) is 26.9 Å². The van der Waals surface area contributed by atoms with Crippen molar-refractivity contribution in [1.29, 1.82) is 0 Å². The third-order valence-electron chi connectivity index (χ3n) is 3.11. The van der Waals surface area contributed by atoms with Gasteiger partial charge in [-0.3, -0.25) is 0 Å². The molecule has 1 aromatic rings. The SMILES string of the molecule is COc1ccc(Br)c(N2CCC(CN)C2)c1. The fourth-order valence-electron chi connectivity index (χ4n) is 2.11. The van der Waals surface area contributed by atoms with Crippen LogP contribution in [-0.2, 0) is 0 Å². The van der Waals surface area contributed by atoms with Gasteiger partial charge < -0.3 is 15.4 Å². The van der Waals surface area contributed by atoms with Gasteiger partial charge in [0.05, 0.1) is 12.8 Å². The van der Waals surface area contributed by atoms with E-state index in [1.807, 2.05) is 12.1 Å². The molecule has 0 aliphatic carbocycles. The maximum Gasteiger partial charge on any atom is 0.121 e. The van der Waals surface area contributed by atoms with Gasteiger partial charge in [-0.15, -0.1) is 0 Å². The highest BCUT2D eigenvalue weighted by Gasteiger charge is 2.23. The highest BCUT2D eigenvalue weighted by molar-refractivity contribution is 9.10. The van der Waals surface area contributed by atoms with Crippen LogP contribution in [0.3, 0.4) is 0 Å². The van der Waals surface area contributed by atoms with Gasteiger partial charge >= 0.3 is 0 Å². The molecule has 1 aromatic carbocycles. The molecule has 2 N–H and O–H groups in total. The first-order chi connectivity index (χ1) is 7.74. The lowest BCUT2D eigenvalue weighted by molar-refractivity contribution is 0.414. The number of hydrogen-bond acceptors (Lipinski definition) is 3. The second kappa shape index (κ2) is 5.06. The number of rotatable bonds is 3. The molecule has 1 aliphatic heterocycles. The molecule has 0 radical (unpaired) electrons. The van der Waals surface area contributed by atoms with Crippen molar-refractivity contribution < 1.29 is 4.74 Å². The van der Waals surface area contributed by atoms with Crippen molar-refractivity contribution >= 4 is 21.6 Å². The maximum atomic E-state index is 5.71. The molecule has 0 bridgehead atoms. The van der Waals surface area contributed by atoms with Crippen molar-refractivity contribution in [2.24, 2.45) is 11.7 Å². The summed E-state index contributed by atoms with van der Waals surface area (Å²) in [7, 11) is 1.69. The zero-order valence-corrected chi connectivity index (χ0v) is 11.0. The van der Waals surface area contributed by atoms with Crippen molar-refractivity contribution in [2.75, 3.05) is 31.6 Å². The van der Waals surface area contributed by atoms with Gasteiger partial charge in [0.25, 0.3) is 0 Å². The molecule has 0 saturated carbocycles. The van der Waals surface area contributed by atoms with Crippen molar-refractivity contribution in [2.45, 2.75) is 6.42 Å². The van der Waals surface area contributed by atoms with E-state index in [1.54, 1.807) is 7.11 Å². The smallest absolute Gasteiger partial charge is 0.121 e. The van der Waals surface area contributed by atoms with E-state index in [0.29, 0.717) is 5.92 Å². The fourth-order valence-corrected chi connectivity index (χ4v) is 2.60. The highest BCUT2D eigenvalue weighted by Crippen LogP contribution is 2.33. The minimum Gasteiger partial charge on any atom is -0.497 e. The molecule has 3 nitrogen and oxygen atoms in total. The summed E-state index contributed by atoms with van der Waals surface area (Å²) in [5.74, 6) is 1.52. The fraction of sp³-hybridized carbons (Fsp3) is 0.500. The molecule has 4 heteroatoms. The second-order valence-corrected chi connectivity index (χ2v) is 5.01. The molecular weight excluding hydrogens is 268 g/mol. The maximum absolute atomic E-state index is 5.71. The van der Waals surface area contributed by atoms with Crippen LogP contribution in [0.1, 0.15) is 6.42 Å². The minimum absolute atomic E-state index is 0.623. The van der Waals surface area contributed by atoms with Crippen molar-refractivity contribution in [3.63, 3.8) is 0 Å². The van der Waals surface area contributed by atoms with Gasteiger partial charge in [0.2, 0.25) is 0 Å². The van der Waals surface area contributed by atoms with Crippen LogP contribution in [0.5, 0.6) is 5.75 Å². The van der Waals surface area contributed by atoms with Gasteiger partial charge in [0, 0.05) is 23.6 Å². The molecule has 0 spiro atoms. The standard InChI is InChI=1S/C12H17BrN2O/c1-16-10-2-3-11(13)12(6-10)15-5-4-9(7-14)8-15/h2-3,6,9H,4-5,7-8,14H2,1H3. The Hall–Kier alpha value is -0.740. The Bertz CT molecular complexity index is 370. The van der Waals surface area contributed by atoms with Crippen molar-refractivity contribution in [3.8, 4) is 5.75 Å². The van der Waals surface area contributed by atoms with E-state index in [9.17, 15) is 0 Å². The number of nitrogens with zero attached hydrogens (tertiary/aromatic N) is 1. The van der Waals surface area contributed by atoms with Gasteiger partial charge in [0.1, 0.15) is 5.75 Å². The van der Waals surface area contributed by atoms with Gasteiger partial charge in [-0.2, -0.15) is 0 Å². The Balaban J connectivity index is 2.20. The predicted octanol–water partition coefficient (Wildman–Crippen LogP) is 2.24. The monoisotopic (exact) mass is 284 g/mol. The Morgan fingerprint density at radius 3 is 3.00 bits per heavy atom. The number of halogens is 1. The van der Waals surface area contributed by atoms with Crippen LogP contribution in [-0.4, -0.2) is 26.7 Å². The van der Waals surface area contributed by atoms with E-state index in [0.717, 1.165) is 29.9 Å². The summed E-state index contributed by atoms with van der Waals surface area (Å²) in [6, 6.07) is 6.07. The first-order valence-electron chi connectivity index (χ1n) is 5.53. The Labute approximate surface area is 105 Å². The van der Waals surface area contributed by atoms with Gasteiger partial charge in [0.15, 0.2) is 0 Å². The normalized spacial score (nSPS) is 20.2. The third kappa shape index (κ3) is 2.33. The van der Waals surface area contributed by atoms with E-state index in [4.69, 9.17) is 10.5 Å². The molecule has 1 unspecified atom stereocenters. The summed E-state index contributed by atoms with van der Waals surface area (Å²) in [6.45, 7) is 2.90. The van der Waals surface area contributed by atoms with Crippen LogP contribution in [0.4, 0.5) is 5.69 Å². The van der Waals surface area contributed by atoms with Crippen LogP contribution >= 0.6 is 15.9 Å². The predicted molar refractivity (Wildman–Crippen MR) is 70.1 cm³/mol. The molecule has 0 amide bonds. The largest absolute Gasteiger partial charge is 0.497 e. The third-order valence-corrected chi connectivity index (χ3v) is 3.78. The number of hydrogen-bond donors (Lipinski definition) is 1. The lowest BCUT2D eigenvalue weighted by Crippen LogP contribution is -2.22. The second-order valence-electron chi connectivity index (χ2n) is 4.15. The molecule has 1 heterocycles. The molecule has 16 heavy (non-hydrogen) atoms. The minimum atomic E-state index is 0.623. The summed E-state index contributed by atoms with van der Waals surface area (Å²) in [5, 5.41) is 0. The Kier molecular flexibility index (Phi) is 3.71. The van der Waals surface area contributed by atoms with Gasteiger partial charge in [-0.05, 0) is 46.9 Å². The number of nitrogens with two attached hydrogens (primary N) is 1. The zero-order valence-electron chi connectivity index (χ0n) is 9.45. The Morgan fingerprint density at radius 2 is 2.38 bits per heavy atom. The molecule has 88 valence electrons. The summed E-state index contributed by atoms with van der Waals surface area (Å²) >= 11 is 3.58. The first kappa shape index (κ1) is 11.7. The summed E-state index contributed by atoms with van der Waals surface area (Å²) < 4.78 is 6.37. The van der Waals surface area contributed by atoms with Crippen LogP contribution in [0.25, 0.3) is 0 Å². The zero-order chi connectivity index (χ0) is 11.5. The molecule has 1 atom stereocenters. The van der Waals surface area contributed by atoms with Crippen LogP contribution in [0.2, 0.25) is 0 Å². The van der Waals surface area contributed by atoms with Crippen molar-refractivity contribution in [1.82, 2.24) is 0 Å². The van der Waals surface area contributed by atoms with Gasteiger partial charge in [-0.1, -0.05) is 0 Å². The van der Waals surface area contributed by atoms with Crippen molar-refractivity contribution in [3.05, 3.63) is 22.7 Å². The van der Waals surface area contributed by atoms with E-state index in [-0.39, 0.29) is 0 Å². The molecule has 1 saturated heterocycles. The number of ether oxygens (including phenoxy) is 1. The topological polar surface area (TPSA) is 38.5 Å². The highest BCUT2D eigenvalue weighted by atomic mass is 79.9. The first-order valence-corrected chi connectivity index (χ1v) is 6.32. The molecule has 1 aliphatic rings. The van der Waals surface area contributed by atoms with E-state index < -0.39 is 0 Å². The lowest BCUT2D eigenvalue weighted by Gasteiger charge is -2.20. The Morgan fingerprint density at radius 1 is 1.56 bits per heavy atom. The summed E-state index contributed by atoms with van der Waals surface area (Å²) in [6.07, 6.45) is 1.18. The molecule has 2 rings (SSSR count). The molecule has 1 fully saturated rings. The number of benzene rings is 1. The summed E-state index contributed by atoms with van der Waals surface area (Å²) in [5.41, 5.74) is 6.91. The van der Waals surface area contributed by atoms with Crippen LogP contribution < -0.4 is 15.4 Å². The van der Waals surface area contributed by atoms with Gasteiger partial charge in [-0.25, -0.2) is 0 Å². The lowest BCUT2D eigenvalue weighted by atomic mass is 10.1. The number of methoxy groups -OCH3 is 1. The van der Waals surface area contributed by atoms with E-state index >= 15 is 0 Å². The average molecular weight is 285 g/mol. The van der Waals surface area contributed by atoms with Crippen LogP contribution in [0.15, 0.2) is 22.7 Å². The summed E-state index contributed by atoms with van der Waals surface area (Å²) in [4.78, 5) is 2.37. The van der Waals surface area contributed by atoms with E-state index in [1.165, 1.54) is 12.1 Å². The number of anilines is 1. The quantitative estimate of drug-likeness (QED) is 0.925. The molecular formula is C12H17BrN2O. The molecule has 0 aromatic heterocycles.